The molecular formula is C21H37IN4O3. The number of hydrogen-bond acceptors (Lipinski definition) is 5. The molecule has 1 aromatic rings. The quantitative estimate of drug-likeness (QED) is 0.222. The zero-order valence-electron chi connectivity index (χ0n) is 17.7. The summed E-state index contributed by atoms with van der Waals surface area (Å²) in [6.45, 7) is 12.4. The Morgan fingerprint density at radius 2 is 2.17 bits per heavy atom. The van der Waals surface area contributed by atoms with Crippen LogP contribution in [0, 0.1) is 5.92 Å². The van der Waals surface area contributed by atoms with Gasteiger partial charge in [0.1, 0.15) is 5.76 Å². The van der Waals surface area contributed by atoms with Crippen molar-refractivity contribution in [2.24, 2.45) is 10.9 Å². The van der Waals surface area contributed by atoms with Crippen molar-refractivity contribution >= 4 is 29.9 Å². The number of ether oxygens (including phenoxy) is 2. The van der Waals surface area contributed by atoms with Gasteiger partial charge in [0.25, 0.3) is 0 Å². The van der Waals surface area contributed by atoms with Crippen LogP contribution in [0.15, 0.2) is 27.8 Å². The van der Waals surface area contributed by atoms with E-state index in [0.717, 1.165) is 96.8 Å². The minimum Gasteiger partial charge on any atom is -0.469 e. The van der Waals surface area contributed by atoms with Gasteiger partial charge in [-0.05, 0) is 31.9 Å². The van der Waals surface area contributed by atoms with Crippen LogP contribution in [0.1, 0.15) is 25.5 Å². The van der Waals surface area contributed by atoms with Crippen molar-refractivity contribution in [2.45, 2.75) is 26.2 Å². The summed E-state index contributed by atoms with van der Waals surface area (Å²) in [7, 11) is 0. The van der Waals surface area contributed by atoms with E-state index in [1.54, 1.807) is 6.26 Å². The SMILES string of the molecule is CCOCC1CCN(C(=NCCCN2CCOCC2)NCCc2ccco2)C1.I. The van der Waals surface area contributed by atoms with Crippen LogP contribution in [-0.2, 0) is 15.9 Å². The van der Waals surface area contributed by atoms with Crippen molar-refractivity contribution in [1.29, 1.82) is 0 Å². The van der Waals surface area contributed by atoms with Crippen LogP contribution in [0.3, 0.4) is 0 Å². The summed E-state index contributed by atoms with van der Waals surface area (Å²) in [6, 6.07) is 3.96. The molecule has 0 aromatic carbocycles. The number of nitrogens with one attached hydrogen (secondary N) is 1. The second kappa shape index (κ2) is 14.2. The van der Waals surface area contributed by atoms with Crippen LogP contribution in [0.4, 0.5) is 0 Å². The fourth-order valence-electron chi connectivity index (χ4n) is 3.77. The summed E-state index contributed by atoms with van der Waals surface area (Å²) < 4.78 is 16.5. The highest BCUT2D eigenvalue weighted by Gasteiger charge is 2.25. The normalized spacial score (nSPS) is 20.7. The highest BCUT2D eigenvalue weighted by Crippen LogP contribution is 2.16. The first kappa shape index (κ1) is 24.4. The van der Waals surface area contributed by atoms with E-state index < -0.39 is 0 Å². The molecule has 0 bridgehead atoms. The van der Waals surface area contributed by atoms with E-state index >= 15 is 0 Å². The number of hydrogen-bond donors (Lipinski definition) is 1. The maximum atomic E-state index is 5.63. The Morgan fingerprint density at radius 1 is 1.31 bits per heavy atom. The zero-order chi connectivity index (χ0) is 19.4. The first-order chi connectivity index (χ1) is 13.8. The summed E-state index contributed by atoms with van der Waals surface area (Å²) in [5.41, 5.74) is 0. The molecule has 1 aromatic heterocycles. The third kappa shape index (κ3) is 8.82. The van der Waals surface area contributed by atoms with Crippen LogP contribution >= 0.6 is 24.0 Å². The first-order valence-electron chi connectivity index (χ1n) is 10.8. The van der Waals surface area contributed by atoms with Crippen molar-refractivity contribution in [3.05, 3.63) is 24.2 Å². The predicted octanol–water partition coefficient (Wildman–Crippen LogP) is 2.47. The van der Waals surface area contributed by atoms with Gasteiger partial charge >= 0.3 is 0 Å². The summed E-state index contributed by atoms with van der Waals surface area (Å²) in [5.74, 6) is 2.65. The monoisotopic (exact) mass is 520 g/mol. The Labute approximate surface area is 192 Å². The average Bonchev–Trinajstić information content (AvgIpc) is 3.41. The number of guanidine groups is 1. The second-order valence-corrected chi connectivity index (χ2v) is 7.53. The molecule has 7 nitrogen and oxygen atoms in total. The molecule has 3 heterocycles. The topological polar surface area (TPSA) is 62.5 Å². The smallest absolute Gasteiger partial charge is 0.193 e. The summed E-state index contributed by atoms with van der Waals surface area (Å²) >= 11 is 0. The van der Waals surface area contributed by atoms with E-state index in [4.69, 9.17) is 18.9 Å². The average molecular weight is 520 g/mol. The third-order valence-corrected chi connectivity index (χ3v) is 5.38. The van der Waals surface area contributed by atoms with E-state index in [1.807, 2.05) is 12.1 Å². The van der Waals surface area contributed by atoms with E-state index in [2.05, 4.69) is 22.0 Å². The van der Waals surface area contributed by atoms with Crippen molar-refractivity contribution < 1.29 is 13.9 Å². The highest BCUT2D eigenvalue weighted by molar-refractivity contribution is 14.0. The van der Waals surface area contributed by atoms with Crippen LogP contribution in [-0.4, -0.2) is 88.0 Å². The minimum atomic E-state index is 0. The molecule has 1 atom stereocenters. The molecule has 0 amide bonds. The van der Waals surface area contributed by atoms with E-state index in [-0.39, 0.29) is 24.0 Å². The Balaban J connectivity index is 0.00000300. The molecule has 1 N–H and O–H groups in total. The molecule has 2 saturated heterocycles. The molecule has 166 valence electrons. The van der Waals surface area contributed by atoms with Crippen molar-refractivity contribution in [3.63, 3.8) is 0 Å². The van der Waals surface area contributed by atoms with Gasteiger partial charge in [-0.25, -0.2) is 0 Å². The molecule has 29 heavy (non-hydrogen) atoms. The van der Waals surface area contributed by atoms with Crippen LogP contribution in [0.25, 0.3) is 0 Å². The van der Waals surface area contributed by atoms with Gasteiger partial charge in [-0.3, -0.25) is 9.89 Å². The van der Waals surface area contributed by atoms with Crippen molar-refractivity contribution in [1.82, 2.24) is 15.1 Å². The van der Waals surface area contributed by atoms with Gasteiger partial charge in [0.2, 0.25) is 0 Å². The fourth-order valence-corrected chi connectivity index (χ4v) is 3.77. The molecule has 2 aliphatic rings. The Morgan fingerprint density at radius 3 is 2.93 bits per heavy atom. The first-order valence-corrected chi connectivity index (χ1v) is 10.8. The van der Waals surface area contributed by atoms with Gasteiger partial charge in [-0.15, -0.1) is 24.0 Å². The summed E-state index contributed by atoms with van der Waals surface area (Å²) in [5, 5.41) is 3.56. The minimum absolute atomic E-state index is 0. The lowest BCUT2D eigenvalue weighted by Gasteiger charge is -2.26. The Kier molecular flexibility index (Phi) is 12.0. The molecule has 0 spiro atoms. The molecule has 0 aliphatic carbocycles. The van der Waals surface area contributed by atoms with E-state index in [0.29, 0.717) is 5.92 Å². The molecule has 0 radical (unpaired) electrons. The fraction of sp³-hybridized carbons (Fsp3) is 0.762. The lowest BCUT2D eigenvalue weighted by molar-refractivity contribution is 0.0377. The lowest BCUT2D eigenvalue weighted by Crippen LogP contribution is -2.41. The van der Waals surface area contributed by atoms with E-state index in [1.165, 1.54) is 6.42 Å². The van der Waals surface area contributed by atoms with Crippen LogP contribution in [0.5, 0.6) is 0 Å². The highest BCUT2D eigenvalue weighted by atomic mass is 127. The maximum Gasteiger partial charge on any atom is 0.193 e. The van der Waals surface area contributed by atoms with Crippen molar-refractivity contribution in [2.75, 3.05) is 72.2 Å². The molecule has 0 saturated carbocycles. The lowest BCUT2D eigenvalue weighted by atomic mass is 10.1. The number of furan rings is 1. The molecular weight excluding hydrogens is 483 g/mol. The van der Waals surface area contributed by atoms with Gasteiger partial charge < -0.3 is 24.1 Å². The standard InChI is InChI=1S/C21H36N4O3.HI/c1-2-26-18-19-7-11-25(17-19)21(23-9-6-20-5-3-14-28-20)22-8-4-10-24-12-15-27-16-13-24;/h3,5,14,19H,2,4,6-13,15-18H2,1H3,(H,22,23);1H. The largest absolute Gasteiger partial charge is 0.469 e. The number of nitrogens with zero attached hydrogens (tertiary/aromatic N) is 3. The molecule has 2 aliphatic heterocycles. The van der Waals surface area contributed by atoms with Gasteiger partial charge in [0, 0.05) is 64.8 Å². The summed E-state index contributed by atoms with van der Waals surface area (Å²) in [6.07, 6.45) is 4.86. The zero-order valence-corrected chi connectivity index (χ0v) is 20.0. The second-order valence-electron chi connectivity index (χ2n) is 7.53. The Bertz CT molecular complexity index is 564. The molecule has 1 unspecified atom stereocenters. The van der Waals surface area contributed by atoms with Gasteiger partial charge in [0.05, 0.1) is 26.1 Å². The maximum absolute atomic E-state index is 5.63. The predicted molar refractivity (Wildman–Crippen MR) is 126 cm³/mol. The number of aliphatic imine (C=N–C) groups is 1. The molecule has 8 heteroatoms. The molecule has 2 fully saturated rings. The number of halogens is 1. The number of likely N-dealkylation sites (tertiary alicyclic amines) is 1. The number of rotatable bonds is 10. The molecule has 3 rings (SSSR count). The Hall–Kier alpha value is -0.840. The van der Waals surface area contributed by atoms with Gasteiger partial charge in [-0.1, -0.05) is 0 Å². The van der Waals surface area contributed by atoms with Crippen LogP contribution < -0.4 is 5.32 Å². The third-order valence-electron chi connectivity index (χ3n) is 5.38. The summed E-state index contributed by atoms with van der Waals surface area (Å²) in [4.78, 5) is 9.78. The van der Waals surface area contributed by atoms with Crippen molar-refractivity contribution in [3.8, 4) is 0 Å². The van der Waals surface area contributed by atoms with E-state index in [9.17, 15) is 0 Å². The number of morpholine rings is 1. The van der Waals surface area contributed by atoms with Gasteiger partial charge in [-0.2, -0.15) is 0 Å². The van der Waals surface area contributed by atoms with Gasteiger partial charge in [0.15, 0.2) is 5.96 Å². The van der Waals surface area contributed by atoms with Crippen LogP contribution in [0.2, 0.25) is 0 Å².